The molecule has 6 rings (SSSR count). The van der Waals surface area contributed by atoms with Crippen LogP contribution in [0.15, 0.2) is 71.6 Å². The Morgan fingerprint density at radius 3 is 2.64 bits per heavy atom. The van der Waals surface area contributed by atoms with Gasteiger partial charge in [0.15, 0.2) is 5.13 Å². The van der Waals surface area contributed by atoms with Crippen LogP contribution < -0.4 is 10.2 Å². The van der Waals surface area contributed by atoms with E-state index in [-0.39, 0.29) is 6.03 Å². The van der Waals surface area contributed by atoms with Crippen LogP contribution in [-0.2, 0) is 6.42 Å². The van der Waals surface area contributed by atoms with Crippen molar-refractivity contribution < 1.29 is 4.79 Å². The number of hydrogen-bond donors (Lipinski definition) is 1. The number of carbonyl (C=O) groups is 1. The first-order valence-electron chi connectivity index (χ1n) is 12.7. The minimum atomic E-state index is -0.0595. The van der Waals surface area contributed by atoms with Crippen molar-refractivity contribution in [1.82, 2.24) is 19.3 Å². The molecule has 7 nitrogen and oxygen atoms in total. The number of amides is 2. The third-order valence-corrected chi connectivity index (χ3v) is 8.81. The molecule has 0 bridgehead atoms. The van der Waals surface area contributed by atoms with E-state index in [1.807, 2.05) is 53.7 Å². The lowest BCUT2D eigenvalue weighted by atomic mass is 10.0. The van der Waals surface area contributed by atoms with Crippen LogP contribution in [0, 0.1) is 0 Å². The second-order valence-corrected chi connectivity index (χ2v) is 11.5. The van der Waals surface area contributed by atoms with Crippen LogP contribution in [0.5, 0.6) is 0 Å². The first kappa shape index (κ1) is 25.6. The van der Waals surface area contributed by atoms with Crippen molar-refractivity contribution >= 4 is 67.5 Å². The molecule has 0 fully saturated rings. The van der Waals surface area contributed by atoms with Gasteiger partial charge in [-0.05, 0) is 65.8 Å². The summed E-state index contributed by atoms with van der Waals surface area (Å²) in [6, 6.07) is 15.7. The van der Waals surface area contributed by atoms with Crippen LogP contribution in [0.4, 0.5) is 20.7 Å². The van der Waals surface area contributed by atoms with Crippen molar-refractivity contribution in [3.63, 3.8) is 0 Å². The number of thiophene rings is 1. The number of pyridine rings is 1. The summed E-state index contributed by atoms with van der Waals surface area (Å²) in [5.41, 5.74) is 6.25. The lowest BCUT2D eigenvalue weighted by Crippen LogP contribution is -2.37. The number of aromatic nitrogens is 3. The molecule has 198 valence electrons. The molecular formula is C29H27ClN6OS2. The highest BCUT2D eigenvalue weighted by atomic mass is 35.5. The molecule has 0 unspecified atom stereocenters. The maximum absolute atomic E-state index is 12.6. The van der Waals surface area contributed by atoms with Crippen LogP contribution in [0.25, 0.3) is 22.5 Å². The van der Waals surface area contributed by atoms with Gasteiger partial charge in [0.25, 0.3) is 0 Å². The summed E-state index contributed by atoms with van der Waals surface area (Å²) < 4.78 is 2.16. The lowest BCUT2D eigenvalue weighted by Gasteiger charge is -2.26. The standard InChI is InChI=1S/C29H27ClN6OS2/c1-3-23-27(34(2)29-32-24(18-39-29)20-6-9-22(30)10-7-20)36-17-21(8-11-25(36)31-23)19-12-14-35(15-13-19)28(37)33-26-5-4-16-38-26/h4-12,16-18H,3,13-15H2,1-2H3,(H,33,37). The number of anilines is 3. The summed E-state index contributed by atoms with van der Waals surface area (Å²) in [6.45, 7) is 3.37. The number of urea groups is 1. The molecular weight excluding hydrogens is 548 g/mol. The molecule has 0 saturated carbocycles. The number of imidazole rings is 1. The van der Waals surface area contributed by atoms with Crippen molar-refractivity contribution in [3.05, 3.63) is 87.8 Å². The normalized spacial score (nSPS) is 13.5. The largest absolute Gasteiger partial charge is 0.322 e. The Balaban J connectivity index is 1.26. The third kappa shape index (κ3) is 5.17. The molecule has 0 atom stereocenters. The summed E-state index contributed by atoms with van der Waals surface area (Å²) in [5, 5.41) is 9.48. The lowest BCUT2D eigenvalue weighted by molar-refractivity contribution is 0.217. The highest BCUT2D eigenvalue weighted by Crippen LogP contribution is 2.35. The van der Waals surface area contributed by atoms with Crippen molar-refractivity contribution in [2.24, 2.45) is 0 Å². The van der Waals surface area contributed by atoms with E-state index in [1.54, 1.807) is 11.3 Å². The molecule has 1 aliphatic rings. The van der Waals surface area contributed by atoms with Crippen molar-refractivity contribution in [3.8, 4) is 11.3 Å². The number of nitrogens with one attached hydrogen (secondary N) is 1. The Kier molecular flexibility index (Phi) is 7.12. The van der Waals surface area contributed by atoms with Gasteiger partial charge in [-0.25, -0.2) is 14.8 Å². The van der Waals surface area contributed by atoms with Gasteiger partial charge in [0.05, 0.1) is 16.4 Å². The Bertz CT molecular complexity index is 1660. The van der Waals surface area contributed by atoms with Crippen LogP contribution >= 0.6 is 34.3 Å². The van der Waals surface area contributed by atoms with Crippen LogP contribution in [0.1, 0.15) is 24.6 Å². The number of aryl methyl sites for hydroxylation is 1. The van der Waals surface area contributed by atoms with Crippen LogP contribution in [-0.4, -0.2) is 45.4 Å². The zero-order valence-electron chi connectivity index (χ0n) is 21.6. The number of rotatable bonds is 6. The summed E-state index contributed by atoms with van der Waals surface area (Å²) >= 11 is 9.20. The fourth-order valence-corrected chi connectivity index (χ4v) is 6.31. The highest BCUT2D eigenvalue weighted by Gasteiger charge is 2.22. The quantitative estimate of drug-likeness (QED) is 0.224. The Morgan fingerprint density at radius 1 is 1.10 bits per heavy atom. The third-order valence-electron chi connectivity index (χ3n) is 6.85. The molecule has 4 aromatic heterocycles. The first-order valence-corrected chi connectivity index (χ1v) is 14.9. The molecule has 1 aliphatic heterocycles. The van der Waals surface area contributed by atoms with Gasteiger partial charge >= 0.3 is 6.03 Å². The number of thiazole rings is 1. The van der Waals surface area contributed by atoms with E-state index in [0.717, 1.165) is 57.0 Å². The second kappa shape index (κ2) is 10.8. The molecule has 0 aliphatic carbocycles. The first-order chi connectivity index (χ1) is 19.0. The van der Waals surface area contributed by atoms with Gasteiger partial charge in [0, 0.05) is 42.3 Å². The van der Waals surface area contributed by atoms with E-state index in [1.165, 1.54) is 16.9 Å². The average Bonchev–Trinajstić information content (AvgIpc) is 3.73. The number of hydrogen-bond acceptors (Lipinski definition) is 6. The van der Waals surface area contributed by atoms with Crippen molar-refractivity contribution in [2.45, 2.75) is 19.8 Å². The minimum Gasteiger partial charge on any atom is -0.320 e. The zero-order chi connectivity index (χ0) is 26.9. The van der Waals surface area contributed by atoms with Gasteiger partial charge in [-0.1, -0.05) is 36.7 Å². The van der Waals surface area contributed by atoms with E-state index in [4.69, 9.17) is 21.6 Å². The summed E-state index contributed by atoms with van der Waals surface area (Å²) in [6.07, 6.45) is 5.91. The molecule has 1 N–H and O–H groups in total. The fourth-order valence-electron chi connectivity index (χ4n) is 4.78. The maximum atomic E-state index is 12.6. The number of carbonyl (C=O) groups excluding carboxylic acids is 1. The van der Waals surface area contributed by atoms with Crippen LogP contribution in [0.2, 0.25) is 5.02 Å². The zero-order valence-corrected chi connectivity index (χ0v) is 24.0. The maximum Gasteiger partial charge on any atom is 0.322 e. The Hall–Kier alpha value is -3.66. The second-order valence-electron chi connectivity index (χ2n) is 9.30. The molecule has 10 heteroatoms. The van der Waals surface area contributed by atoms with Gasteiger partial charge in [-0.2, -0.15) is 0 Å². The van der Waals surface area contributed by atoms with Gasteiger partial charge in [0.1, 0.15) is 11.5 Å². The molecule has 0 radical (unpaired) electrons. The monoisotopic (exact) mass is 574 g/mol. The average molecular weight is 575 g/mol. The van der Waals surface area contributed by atoms with E-state index < -0.39 is 0 Å². The molecule has 2 amide bonds. The number of halogens is 1. The predicted molar refractivity (Wildman–Crippen MR) is 163 cm³/mol. The Labute approximate surface area is 240 Å². The van der Waals surface area contributed by atoms with Crippen molar-refractivity contribution in [2.75, 3.05) is 30.4 Å². The number of nitrogens with zero attached hydrogens (tertiary/aromatic N) is 5. The van der Waals surface area contributed by atoms with Crippen LogP contribution in [0.3, 0.4) is 0 Å². The van der Waals surface area contributed by atoms with E-state index in [9.17, 15) is 4.79 Å². The smallest absolute Gasteiger partial charge is 0.320 e. The Morgan fingerprint density at radius 2 is 1.92 bits per heavy atom. The van der Waals surface area contributed by atoms with Crippen molar-refractivity contribution in [1.29, 1.82) is 0 Å². The predicted octanol–water partition coefficient (Wildman–Crippen LogP) is 7.82. The molecule has 0 saturated heterocycles. The molecule has 1 aromatic carbocycles. The minimum absolute atomic E-state index is 0.0595. The van der Waals surface area contributed by atoms with E-state index in [2.05, 4.69) is 51.3 Å². The summed E-state index contributed by atoms with van der Waals surface area (Å²) in [7, 11) is 2.05. The van der Waals surface area contributed by atoms with E-state index in [0.29, 0.717) is 18.1 Å². The molecule has 0 spiro atoms. The number of benzene rings is 1. The van der Waals surface area contributed by atoms with Gasteiger partial charge in [-0.3, -0.25) is 9.72 Å². The highest BCUT2D eigenvalue weighted by molar-refractivity contribution is 7.14. The topological polar surface area (TPSA) is 65.8 Å². The fraction of sp³-hybridized carbons (Fsp3) is 0.207. The SMILES string of the molecule is CCc1nc2ccc(C3=CCN(C(=O)Nc4cccs4)CC3)cn2c1N(C)c1nc(-c2ccc(Cl)cc2)cs1. The van der Waals surface area contributed by atoms with Gasteiger partial charge in [0.2, 0.25) is 0 Å². The summed E-state index contributed by atoms with van der Waals surface area (Å²) in [5.74, 6) is 1.01. The molecule has 5 aromatic rings. The molecule has 39 heavy (non-hydrogen) atoms. The van der Waals surface area contributed by atoms with Gasteiger partial charge < -0.3 is 9.80 Å². The van der Waals surface area contributed by atoms with E-state index >= 15 is 0 Å². The summed E-state index contributed by atoms with van der Waals surface area (Å²) in [4.78, 5) is 26.4. The molecule has 5 heterocycles. The number of fused-ring (bicyclic) bond motifs is 1. The van der Waals surface area contributed by atoms with Gasteiger partial charge in [-0.15, -0.1) is 22.7 Å².